The largest absolute Gasteiger partial charge is 0.442 e. The standard InChI is InChI=1S/C35H43N9O3/c1-25-7-5-10-28(21-25)40-34(45)32(26-8-3-2-4-9-26)47-35(46)31-33(36)38-23-30(41-31)27-22-39-44(24-27)29-11-17-42(18-12-29)15-6-16-43-19-13-37-14-20-43/h2-5,7-10,21-24,29,32,37H,6,11-20H2,1H3,(H2,36,38)(H,40,45)/t32-/m1/s1. The fourth-order valence-corrected chi connectivity index (χ4v) is 6.21. The minimum Gasteiger partial charge on any atom is -0.442 e. The van der Waals surface area contributed by atoms with Crippen LogP contribution in [0.4, 0.5) is 11.5 Å². The molecule has 4 heterocycles. The first-order valence-electron chi connectivity index (χ1n) is 16.4. The lowest BCUT2D eigenvalue weighted by Gasteiger charge is -2.33. The van der Waals surface area contributed by atoms with Gasteiger partial charge in [0.2, 0.25) is 6.10 Å². The molecule has 2 aliphatic rings. The van der Waals surface area contributed by atoms with Crippen molar-refractivity contribution in [2.45, 2.75) is 38.3 Å². The number of nitrogens with one attached hydrogen (secondary N) is 2. The van der Waals surface area contributed by atoms with Gasteiger partial charge in [-0.15, -0.1) is 0 Å². The molecule has 1 amide bonds. The number of likely N-dealkylation sites (tertiary alicyclic amines) is 1. The van der Waals surface area contributed by atoms with Crippen LogP contribution in [0.3, 0.4) is 0 Å². The van der Waals surface area contributed by atoms with E-state index in [0.717, 1.165) is 76.3 Å². The fourth-order valence-electron chi connectivity index (χ4n) is 6.21. The molecular weight excluding hydrogens is 594 g/mol. The van der Waals surface area contributed by atoms with Crippen LogP contribution in [-0.4, -0.2) is 93.8 Å². The molecule has 0 aliphatic carbocycles. The van der Waals surface area contributed by atoms with E-state index in [2.05, 4.69) is 35.5 Å². The predicted molar refractivity (Wildman–Crippen MR) is 181 cm³/mol. The summed E-state index contributed by atoms with van der Waals surface area (Å²) in [5, 5.41) is 10.9. The Balaban J connectivity index is 1.09. The van der Waals surface area contributed by atoms with Gasteiger partial charge in [0.1, 0.15) is 0 Å². The van der Waals surface area contributed by atoms with Gasteiger partial charge in [-0.2, -0.15) is 5.10 Å². The molecule has 12 nitrogen and oxygen atoms in total. The number of hydrogen-bond donors (Lipinski definition) is 3. The van der Waals surface area contributed by atoms with Gasteiger partial charge < -0.3 is 30.9 Å². The van der Waals surface area contributed by atoms with Crippen molar-refractivity contribution in [1.29, 1.82) is 0 Å². The number of aryl methyl sites for hydroxylation is 1. The summed E-state index contributed by atoms with van der Waals surface area (Å²) in [6.07, 6.45) is 7.20. The normalized spacial score (nSPS) is 16.9. The summed E-state index contributed by atoms with van der Waals surface area (Å²) in [5.74, 6) is -1.42. The molecule has 12 heteroatoms. The van der Waals surface area contributed by atoms with Crippen LogP contribution in [0.2, 0.25) is 0 Å². The van der Waals surface area contributed by atoms with Crippen LogP contribution in [0.1, 0.15) is 53.0 Å². The Labute approximate surface area is 275 Å². The molecule has 0 unspecified atom stereocenters. The minimum atomic E-state index is -1.23. The highest BCUT2D eigenvalue weighted by Gasteiger charge is 2.28. The number of nitrogens with two attached hydrogens (primary N) is 1. The van der Waals surface area contributed by atoms with Crippen LogP contribution >= 0.6 is 0 Å². The number of piperidine rings is 1. The zero-order valence-corrected chi connectivity index (χ0v) is 26.8. The molecule has 4 aromatic rings. The Morgan fingerprint density at radius 3 is 2.49 bits per heavy atom. The van der Waals surface area contributed by atoms with Crippen molar-refractivity contribution in [2.75, 3.05) is 63.4 Å². The maximum atomic E-state index is 13.5. The molecule has 0 saturated carbocycles. The molecular formula is C35H43N9O3. The van der Waals surface area contributed by atoms with Crippen molar-refractivity contribution in [1.82, 2.24) is 34.9 Å². The van der Waals surface area contributed by atoms with Crippen LogP contribution in [0.25, 0.3) is 11.3 Å². The van der Waals surface area contributed by atoms with Gasteiger partial charge in [-0.05, 0) is 57.0 Å². The first-order chi connectivity index (χ1) is 22.9. The van der Waals surface area contributed by atoms with Crippen molar-refractivity contribution < 1.29 is 14.3 Å². The summed E-state index contributed by atoms with van der Waals surface area (Å²) >= 11 is 0. The lowest BCUT2D eigenvalue weighted by atomic mass is 10.1. The van der Waals surface area contributed by atoms with Gasteiger partial charge in [0.15, 0.2) is 11.5 Å². The summed E-state index contributed by atoms with van der Waals surface area (Å²) < 4.78 is 7.76. The number of piperazine rings is 1. The van der Waals surface area contributed by atoms with E-state index >= 15 is 0 Å². The zero-order valence-electron chi connectivity index (χ0n) is 26.8. The van der Waals surface area contributed by atoms with Crippen molar-refractivity contribution in [3.63, 3.8) is 0 Å². The average molecular weight is 638 g/mol. The highest BCUT2D eigenvalue weighted by Crippen LogP contribution is 2.27. The van der Waals surface area contributed by atoms with E-state index in [9.17, 15) is 9.59 Å². The second-order valence-electron chi connectivity index (χ2n) is 12.3. The summed E-state index contributed by atoms with van der Waals surface area (Å²) in [4.78, 5) is 40.7. The number of esters is 1. The highest BCUT2D eigenvalue weighted by atomic mass is 16.5. The van der Waals surface area contributed by atoms with Gasteiger partial charge in [0, 0.05) is 62.3 Å². The maximum absolute atomic E-state index is 13.5. The van der Waals surface area contributed by atoms with Gasteiger partial charge in [-0.1, -0.05) is 42.5 Å². The summed E-state index contributed by atoms with van der Waals surface area (Å²) in [6, 6.07) is 16.5. The zero-order chi connectivity index (χ0) is 32.6. The number of rotatable bonds is 11. The molecule has 2 fully saturated rings. The van der Waals surface area contributed by atoms with Crippen molar-refractivity contribution in [3.8, 4) is 11.3 Å². The van der Waals surface area contributed by atoms with E-state index in [0.29, 0.717) is 16.9 Å². The van der Waals surface area contributed by atoms with Crippen molar-refractivity contribution in [3.05, 3.63) is 90.0 Å². The third kappa shape index (κ3) is 8.39. The minimum absolute atomic E-state index is 0.0821. The first kappa shape index (κ1) is 32.3. The van der Waals surface area contributed by atoms with E-state index in [1.807, 2.05) is 42.1 Å². The molecule has 0 radical (unpaired) electrons. The number of ether oxygens (including phenoxy) is 1. The molecule has 0 spiro atoms. The molecule has 2 aromatic carbocycles. The molecule has 1 atom stereocenters. The SMILES string of the molecule is Cc1cccc(NC(=O)[C@H](OC(=O)c2nc(-c3cnn(C4CCN(CCCN5CCNCC5)CC4)c3)cnc2N)c2ccccc2)c1. The number of amides is 1. The van der Waals surface area contributed by atoms with Crippen molar-refractivity contribution in [2.24, 2.45) is 0 Å². The predicted octanol–water partition coefficient (Wildman–Crippen LogP) is 3.70. The number of anilines is 2. The molecule has 2 saturated heterocycles. The third-order valence-corrected chi connectivity index (χ3v) is 8.83. The number of benzene rings is 2. The van der Waals surface area contributed by atoms with E-state index in [-0.39, 0.29) is 17.6 Å². The Bertz CT molecular complexity index is 1650. The summed E-state index contributed by atoms with van der Waals surface area (Å²) in [6.45, 7) is 10.8. The molecule has 2 aromatic heterocycles. The van der Waals surface area contributed by atoms with E-state index in [1.165, 1.54) is 12.6 Å². The first-order valence-corrected chi connectivity index (χ1v) is 16.4. The van der Waals surface area contributed by atoms with Crippen LogP contribution < -0.4 is 16.4 Å². The van der Waals surface area contributed by atoms with Crippen LogP contribution in [0.5, 0.6) is 0 Å². The number of hydrogen-bond acceptors (Lipinski definition) is 10. The molecule has 4 N–H and O–H groups in total. The van der Waals surface area contributed by atoms with Gasteiger partial charge in [-0.3, -0.25) is 9.48 Å². The Morgan fingerprint density at radius 2 is 1.74 bits per heavy atom. The maximum Gasteiger partial charge on any atom is 0.361 e. The molecule has 246 valence electrons. The van der Waals surface area contributed by atoms with Crippen LogP contribution in [-0.2, 0) is 9.53 Å². The van der Waals surface area contributed by atoms with Gasteiger partial charge in [-0.25, -0.2) is 14.8 Å². The number of nitrogen functional groups attached to an aromatic ring is 1. The second-order valence-corrected chi connectivity index (χ2v) is 12.3. The van der Waals surface area contributed by atoms with Crippen LogP contribution in [0, 0.1) is 6.92 Å². The smallest absolute Gasteiger partial charge is 0.361 e. The van der Waals surface area contributed by atoms with E-state index < -0.39 is 18.0 Å². The lowest BCUT2D eigenvalue weighted by molar-refractivity contribution is -0.125. The molecule has 6 rings (SSSR count). The Morgan fingerprint density at radius 1 is 1.00 bits per heavy atom. The number of nitrogens with zero attached hydrogens (tertiary/aromatic N) is 6. The fraction of sp³-hybridized carbons (Fsp3) is 0.400. The molecule has 47 heavy (non-hydrogen) atoms. The summed E-state index contributed by atoms with van der Waals surface area (Å²) in [5.41, 5.74) is 9.22. The Hall–Kier alpha value is -4.65. The number of carbonyl (C=O) groups excluding carboxylic acids is 2. The quantitative estimate of drug-likeness (QED) is 0.208. The monoisotopic (exact) mass is 637 g/mol. The Kier molecular flexibility index (Phi) is 10.5. The molecule has 2 aliphatic heterocycles. The van der Waals surface area contributed by atoms with Gasteiger partial charge in [0.25, 0.3) is 5.91 Å². The van der Waals surface area contributed by atoms with Gasteiger partial charge in [0.05, 0.1) is 24.1 Å². The summed E-state index contributed by atoms with van der Waals surface area (Å²) in [7, 11) is 0. The lowest BCUT2D eigenvalue weighted by Crippen LogP contribution is -2.44. The highest BCUT2D eigenvalue weighted by molar-refractivity contribution is 5.99. The van der Waals surface area contributed by atoms with E-state index in [1.54, 1.807) is 36.5 Å². The van der Waals surface area contributed by atoms with Crippen LogP contribution in [0.15, 0.2) is 73.2 Å². The number of carbonyl (C=O) groups is 2. The van der Waals surface area contributed by atoms with Crippen molar-refractivity contribution >= 4 is 23.4 Å². The third-order valence-electron chi connectivity index (χ3n) is 8.83. The topological polar surface area (TPSA) is 144 Å². The number of aromatic nitrogens is 4. The van der Waals surface area contributed by atoms with E-state index in [4.69, 9.17) is 10.5 Å². The second kappa shape index (κ2) is 15.3. The van der Waals surface area contributed by atoms with Gasteiger partial charge >= 0.3 is 5.97 Å². The average Bonchev–Trinajstić information content (AvgIpc) is 3.59. The molecule has 0 bridgehead atoms.